The van der Waals surface area contributed by atoms with Gasteiger partial charge in [-0.15, -0.1) is 11.3 Å². The Morgan fingerprint density at radius 3 is 2.85 bits per heavy atom. The molecule has 1 aliphatic rings. The predicted octanol–water partition coefficient (Wildman–Crippen LogP) is 0.855. The van der Waals surface area contributed by atoms with Crippen LogP contribution < -0.4 is 0 Å². The van der Waals surface area contributed by atoms with E-state index in [4.69, 9.17) is 14.6 Å². The van der Waals surface area contributed by atoms with Crippen LogP contribution in [0.4, 0.5) is 0 Å². The lowest BCUT2D eigenvalue weighted by Gasteiger charge is -2.19. The molecule has 72 valence electrons. The maximum atomic E-state index is 8.84. The second-order valence-corrected chi connectivity index (χ2v) is 3.87. The molecule has 0 aromatic carbocycles. The Hall–Kier alpha value is -0.490. The normalized spacial score (nSPS) is 20.8. The molecule has 0 saturated carbocycles. The summed E-state index contributed by atoms with van der Waals surface area (Å²) in [7, 11) is 0. The van der Waals surface area contributed by atoms with E-state index in [1.807, 2.05) is 12.3 Å². The lowest BCUT2D eigenvalue weighted by molar-refractivity contribution is -0.152. The predicted molar refractivity (Wildman–Crippen MR) is 47.3 cm³/mol. The fraction of sp³-hybridized carbons (Fsp3) is 0.625. The highest BCUT2D eigenvalue weighted by molar-refractivity contribution is 7.09. The van der Waals surface area contributed by atoms with Gasteiger partial charge in [-0.25, -0.2) is 4.98 Å². The van der Waals surface area contributed by atoms with Gasteiger partial charge in [0.2, 0.25) is 5.79 Å². The zero-order chi connectivity index (χ0) is 9.31. The van der Waals surface area contributed by atoms with Crippen molar-refractivity contribution in [1.82, 2.24) is 4.98 Å². The third-order valence-electron chi connectivity index (χ3n) is 1.99. The van der Waals surface area contributed by atoms with Gasteiger partial charge in [-0.2, -0.15) is 0 Å². The van der Waals surface area contributed by atoms with Crippen LogP contribution in [-0.2, 0) is 21.9 Å². The number of ether oxygens (including phenoxy) is 2. The molecule has 4 nitrogen and oxygen atoms in total. The minimum Gasteiger partial charge on any atom is -0.389 e. The van der Waals surface area contributed by atoms with Gasteiger partial charge in [-0.3, -0.25) is 0 Å². The summed E-state index contributed by atoms with van der Waals surface area (Å²) >= 11 is 1.41. The first-order chi connectivity index (χ1) is 6.24. The first-order valence-corrected chi connectivity index (χ1v) is 4.96. The minimum atomic E-state index is -0.704. The van der Waals surface area contributed by atoms with Crippen molar-refractivity contribution < 1.29 is 14.6 Å². The molecule has 0 atom stereocenters. The number of hydrogen-bond donors (Lipinski definition) is 1. The van der Waals surface area contributed by atoms with E-state index >= 15 is 0 Å². The molecule has 1 N–H and O–H groups in total. The number of rotatable bonds is 2. The minimum absolute atomic E-state index is 0.0270. The van der Waals surface area contributed by atoms with Gasteiger partial charge in [0.1, 0.15) is 10.7 Å². The van der Waals surface area contributed by atoms with Crippen molar-refractivity contribution in [3.05, 3.63) is 16.1 Å². The van der Waals surface area contributed by atoms with Gasteiger partial charge in [-0.1, -0.05) is 0 Å². The van der Waals surface area contributed by atoms with Crippen LogP contribution in [0.25, 0.3) is 0 Å². The zero-order valence-corrected chi connectivity index (χ0v) is 8.13. The molecule has 1 aromatic rings. The Balaban J connectivity index is 2.23. The Labute approximate surface area is 80.1 Å². The summed E-state index contributed by atoms with van der Waals surface area (Å²) in [5.74, 6) is -0.704. The summed E-state index contributed by atoms with van der Waals surface area (Å²) in [6.07, 6.45) is 0. The number of aliphatic hydroxyl groups is 1. The highest BCUT2D eigenvalue weighted by Crippen LogP contribution is 2.31. The molecule has 0 radical (unpaired) electrons. The van der Waals surface area contributed by atoms with E-state index in [9.17, 15) is 0 Å². The second-order valence-electron chi connectivity index (χ2n) is 2.93. The first kappa shape index (κ1) is 9.08. The Morgan fingerprint density at radius 2 is 2.31 bits per heavy atom. The molecule has 2 heterocycles. The quantitative estimate of drug-likeness (QED) is 0.771. The van der Waals surface area contributed by atoms with Crippen molar-refractivity contribution in [2.75, 3.05) is 13.2 Å². The highest BCUT2D eigenvalue weighted by Gasteiger charge is 2.35. The fourth-order valence-electron chi connectivity index (χ4n) is 1.25. The standard InChI is InChI=1S/C8H11NO3S/c1-8(11-2-3-12-8)6-5-13-7(4-10)9-6/h5,10H,2-4H2,1H3. The van der Waals surface area contributed by atoms with Crippen molar-refractivity contribution in [3.63, 3.8) is 0 Å². The maximum absolute atomic E-state index is 8.84. The van der Waals surface area contributed by atoms with E-state index in [1.54, 1.807) is 0 Å². The average molecular weight is 201 g/mol. The summed E-state index contributed by atoms with van der Waals surface area (Å²) in [5, 5.41) is 11.4. The lowest BCUT2D eigenvalue weighted by atomic mass is 10.2. The lowest BCUT2D eigenvalue weighted by Crippen LogP contribution is -2.22. The number of thiazole rings is 1. The molecule has 0 bridgehead atoms. The van der Waals surface area contributed by atoms with Gasteiger partial charge in [0.05, 0.1) is 19.8 Å². The molecule has 0 amide bonds. The molecule has 5 heteroatoms. The molecule has 1 fully saturated rings. The van der Waals surface area contributed by atoms with Gasteiger partial charge in [0, 0.05) is 5.38 Å². The maximum Gasteiger partial charge on any atom is 0.210 e. The summed E-state index contributed by atoms with van der Waals surface area (Å²) in [6.45, 7) is 3.02. The van der Waals surface area contributed by atoms with Crippen LogP contribution in [-0.4, -0.2) is 23.3 Å². The number of nitrogens with zero attached hydrogens (tertiary/aromatic N) is 1. The summed E-state index contributed by atoms with van der Waals surface area (Å²) in [4.78, 5) is 4.20. The van der Waals surface area contributed by atoms with E-state index in [2.05, 4.69) is 4.98 Å². The molecule has 1 aliphatic heterocycles. The Morgan fingerprint density at radius 1 is 1.62 bits per heavy atom. The SMILES string of the molecule is CC1(c2csc(CO)n2)OCCO1. The Bertz CT molecular complexity index is 293. The smallest absolute Gasteiger partial charge is 0.210 e. The summed E-state index contributed by atoms with van der Waals surface area (Å²) in [6, 6.07) is 0. The van der Waals surface area contributed by atoms with Crippen LogP contribution in [0.2, 0.25) is 0 Å². The van der Waals surface area contributed by atoms with Crippen LogP contribution in [0.5, 0.6) is 0 Å². The van der Waals surface area contributed by atoms with Crippen molar-refractivity contribution in [2.45, 2.75) is 19.3 Å². The van der Waals surface area contributed by atoms with Crippen LogP contribution in [0.3, 0.4) is 0 Å². The number of aliphatic hydroxyl groups excluding tert-OH is 1. The van der Waals surface area contributed by atoms with Gasteiger partial charge < -0.3 is 14.6 Å². The van der Waals surface area contributed by atoms with Crippen LogP contribution in [0.15, 0.2) is 5.38 Å². The van der Waals surface area contributed by atoms with Crippen LogP contribution in [0, 0.1) is 0 Å². The number of hydrogen-bond acceptors (Lipinski definition) is 5. The zero-order valence-electron chi connectivity index (χ0n) is 7.32. The van der Waals surface area contributed by atoms with Gasteiger partial charge in [0.15, 0.2) is 0 Å². The molecule has 0 unspecified atom stereocenters. The monoisotopic (exact) mass is 201 g/mol. The molecule has 0 spiro atoms. The van der Waals surface area contributed by atoms with Crippen LogP contribution >= 0.6 is 11.3 Å². The molecule has 2 rings (SSSR count). The van der Waals surface area contributed by atoms with Gasteiger partial charge >= 0.3 is 0 Å². The van der Waals surface area contributed by atoms with Crippen LogP contribution in [0.1, 0.15) is 17.6 Å². The van der Waals surface area contributed by atoms with Gasteiger partial charge in [0.25, 0.3) is 0 Å². The van der Waals surface area contributed by atoms with Crippen molar-refractivity contribution in [1.29, 1.82) is 0 Å². The molecular weight excluding hydrogens is 190 g/mol. The topological polar surface area (TPSA) is 51.6 Å². The molecule has 1 saturated heterocycles. The largest absolute Gasteiger partial charge is 0.389 e. The summed E-state index contributed by atoms with van der Waals surface area (Å²) in [5.41, 5.74) is 0.749. The molecule has 13 heavy (non-hydrogen) atoms. The third kappa shape index (κ3) is 1.60. The van der Waals surface area contributed by atoms with Gasteiger partial charge in [-0.05, 0) is 6.92 Å². The molecule has 0 aliphatic carbocycles. The first-order valence-electron chi connectivity index (χ1n) is 4.08. The van der Waals surface area contributed by atoms with E-state index < -0.39 is 5.79 Å². The fourth-order valence-corrected chi connectivity index (χ4v) is 1.99. The van der Waals surface area contributed by atoms with Crippen molar-refractivity contribution >= 4 is 11.3 Å². The third-order valence-corrected chi connectivity index (χ3v) is 2.82. The molecular formula is C8H11NO3S. The molecule has 1 aromatic heterocycles. The van der Waals surface area contributed by atoms with E-state index in [-0.39, 0.29) is 6.61 Å². The Kier molecular flexibility index (Phi) is 2.33. The average Bonchev–Trinajstić information content (AvgIpc) is 2.72. The number of aromatic nitrogens is 1. The second kappa shape index (κ2) is 3.34. The summed E-state index contributed by atoms with van der Waals surface area (Å²) < 4.78 is 10.8. The highest BCUT2D eigenvalue weighted by atomic mass is 32.1. The van der Waals surface area contributed by atoms with E-state index in [1.165, 1.54) is 11.3 Å². The van der Waals surface area contributed by atoms with E-state index in [0.29, 0.717) is 18.2 Å². The van der Waals surface area contributed by atoms with Crippen molar-refractivity contribution in [3.8, 4) is 0 Å². The van der Waals surface area contributed by atoms with E-state index in [0.717, 1.165) is 5.69 Å². The van der Waals surface area contributed by atoms with Crippen molar-refractivity contribution in [2.24, 2.45) is 0 Å².